The summed E-state index contributed by atoms with van der Waals surface area (Å²) in [5, 5.41) is 2.97. The largest absolute Gasteiger partial charge is 0.340 e. The summed E-state index contributed by atoms with van der Waals surface area (Å²) in [6.07, 6.45) is 4.80. The lowest BCUT2D eigenvalue weighted by Crippen LogP contribution is -2.75. The summed E-state index contributed by atoms with van der Waals surface area (Å²) in [6, 6.07) is -0.317. The molecule has 0 aromatic carbocycles. The molecule has 1 saturated carbocycles. The molecule has 0 aromatic rings. The number of carbonyl (C=O) groups excluding carboxylic acids is 2. The molecule has 2 unspecified atom stereocenters. The lowest BCUT2D eigenvalue weighted by molar-refractivity contribution is -0.170. The van der Waals surface area contributed by atoms with Crippen LogP contribution in [0.15, 0.2) is 0 Å². The van der Waals surface area contributed by atoms with Crippen LogP contribution in [0.5, 0.6) is 0 Å². The molecule has 1 saturated heterocycles. The Morgan fingerprint density at radius 1 is 1.25 bits per heavy atom. The highest BCUT2D eigenvalue weighted by atomic mass is 16.2. The first-order chi connectivity index (χ1) is 9.31. The Kier molecular flexibility index (Phi) is 3.87. The lowest BCUT2D eigenvalue weighted by atomic mass is 9.70. The molecule has 0 aromatic heterocycles. The van der Waals surface area contributed by atoms with Gasteiger partial charge in [0.2, 0.25) is 11.8 Å². The third kappa shape index (κ3) is 2.04. The van der Waals surface area contributed by atoms with Crippen LogP contribution in [0, 0.1) is 5.92 Å². The highest BCUT2D eigenvalue weighted by molar-refractivity contribution is 6.00. The van der Waals surface area contributed by atoms with E-state index >= 15 is 0 Å². The Morgan fingerprint density at radius 2 is 1.85 bits per heavy atom. The predicted molar refractivity (Wildman–Crippen MR) is 79.2 cm³/mol. The van der Waals surface area contributed by atoms with Gasteiger partial charge in [0.1, 0.15) is 11.6 Å². The summed E-state index contributed by atoms with van der Waals surface area (Å²) in [5.74, 6) is 0.271. The van der Waals surface area contributed by atoms with Gasteiger partial charge in [-0.3, -0.25) is 9.59 Å². The maximum Gasteiger partial charge on any atom is 0.249 e. The fourth-order valence-electron chi connectivity index (χ4n) is 3.61. The van der Waals surface area contributed by atoms with Gasteiger partial charge >= 0.3 is 0 Å². The van der Waals surface area contributed by atoms with E-state index < -0.39 is 5.54 Å². The van der Waals surface area contributed by atoms with E-state index in [1.807, 2.05) is 32.6 Å². The molecule has 4 nitrogen and oxygen atoms in total. The molecule has 0 spiro atoms. The predicted octanol–water partition coefficient (Wildman–Crippen LogP) is 2.47. The number of nitrogens with one attached hydrogen (secondary N) is 1. The molecule has 1 aliphatic heterocycles. The molecule has 1 heterocycles. The van der Waals surface area contributed by atoms with Crippen LogP contribution < -0.4 is 5.32 Å². The second-order valence-electron chi connectivity index (χ2n) is 6.97. The normalized spacial score (nSPS) is 33.1. The highest BCUT2D eigenvalue weighted by Gasteiger charge is 2.56. The number of piperazine rings is 1. The van der Waals surface area contributed by atoms with Crippen LogP contribution in [0.3, 0.4) is 0 Å². The van der Waals surface area contributed by atoms with Crippen LogP contribution in [0.4, 0.5) is 0 Å². The minimum absolute atomic E-state index is 0.0173. The number of hydrogen-bond donors (Lipinski definition) is 1. The lowest BCUT2D eigenvalue weighted by Gasteiger charge is -2.58. The van der Waals surface area contributed by atoms with Gasteiger partial charge in [-0.25, -0.2) is 0 Å². The Morgan fingerprint density at radius 3 is 2.20 bits per heavy atom. The molecule has 1 aliphatic carbocycles. The van der Waals surface area contributed by atoms with Crippen molar-refractivity contribution >= 4 is 11.8 Å². The van der Waals surface area contributed by atoms with Crippen LogP contribution in [0.2, 0.25) is 0 Å². The third-order valence-electron chi connectivity index (χ3n) is 5.43. The van der Waals surface area contributed by atoms with Crippen LogP contribution in [-0.2, 0) is 9.59 Å². The molecule has 1 N–H and O–H groups in total. The Labute approximate surface area is 122 Å². The average Bonchev–Trinajstić information content (AvgIpc) is 2.34. The molecule has 4 heteroatoms. The first-order valence-electron chi connectivity index (χ1n) is 7.97. The van der Waals surface area contributed by atoms with E-state index in [1.165, 1.54) is 0 Å². The van der Waals surface area contributed by atoms with E-state index in [4.69, 9.17) is 0 Å². The molecule has 0 bridgehead atoms. The number of nitrogens with zero attached hydrogens (tertiary/aromatic N) is 1. The number of hydrogen-bond acceptors (Lipinski definition) is 2. The maximum absolute atomic E-state index is 13.0. The molecule has 2 rings (SSSR count). The summed E-state index contributed by atoms with van der Waals surface area (Å²) in [5.41, 5.74) is -0.819. The topological polar surface area (TPSA) is 49.4 Å². The second-order valence-corrected chi connectivity index (χ2v) is 6.97. The summed E-state index contributed by atoms with van der Waals surface area (Å²) in [4.78, 5) is 27.6. The molecule has 114 valence electrons. The van der Waals surface area contributed by atoms with Gasteiger partial charge in [-0.15, -0.1) is 0 Å². The summed E-state index contributed by atoms with van der Waals surface area (Å²) >= 11 is 0. The minimum Gasteiger partial charge on any atom is -0.340 e. The first-order valence-corrected chi connectivity index (χ1v) is 7.97. The van der Waals surface area contributed by atoms with Crippen LogP contribution >= 0.6 is 0 Å². The van der Waals surface area contributed by atoms with E-state index in [1.54, 1.807) is 0 Å². The molecule has 2 aliphatic rings. The zero-order chi connectivity index (χ0) is 15.1. The van der Waals surface area contributed by atoms with Crippen molar-refractivity contribution in [2.24, 2.45) is 5.92 Å². The third-order valence-corrected chi connectivity index (χ3v) is 5.43. The smallest absolute Gasteiger partial charge is 0.249 e. The Bertz CT molecular complexity index is 409. The van der Waals surface area contributed by atoms with Crippen LogP contribution in [0.25, 0.3) is 0 Å². The number of rotatable bonds is 4. The maximum atomic E-state index is 13.0. The standard InChI is InChI=1S/C16H28N2O2/c1-6-15(5)14(20)18(16(7-2)9-8-10-16)12(11(3)4)13(19)17-15/h11-12H,6-10H2,1-5H3,(H,17,19). The van der Waals surface area contributed by atoms with E-state index in [2.05, 4.69) is 12.2 Å². The first kappa shape index (κ1) is 15.3. The fraction of sp³-hybridized carbons (Fsp3) is 0.875. The van der Waals surface area contributed by atoms with Crippen molar-refractivity contribution in [3.8, 4) is 0 Å². The van der Waals surface area contributed by atoms with Crippen molar-refractivity contribution in [1.29, 1.82) is 0 Å². The number of amides is 2. The molecule has 20 heavy (non-hydrogen) atoms. The monoisotopic (exact) mass is 280 g/mol. The zero-order valence-electron chi connectivity index (χ0n) is 13.5. The van der Waals surface area contributed by atoms with E-state index in [0.717, 1.165) is 25.7 Å². The van der Waals surface area contributed by atoms with Crippen molar-refractivity contribution < 1.29 is 9.59 Å². The van der Waals surface area contributed by atoms with E-state index in [-0.39, 0.29) is 29.3 Å². The van der Waals surface area contributed by atoms with Crippen LogP contribution in [0.1, 0.15) is 66.7 Å². The second kappa shape index (κ2) is 5.05. The molecule has 2 atom stereocenters. The van der Waals surface area contributed by atoms with Crippen molar-refractivity contribution in [2.75, 3.05) is 0 Å². The van der Waals surface area contributed by atoms with Gasteiger partial charge in [0.25, 0.3) is 0 Å². The fourth-order valence-corrected chi connectivity index (χ4v) is 3.61. The molecule has 2 amide bonds. The average molecular weight is 280 g/mol. The number of carbonyl (C=O) groups is 2. The van der Waals surface area contributed by atoms with Crippen molar-refractivity contribution in [3.05, 3.63) is 0 Å². The highest BCUT2D eigenvalue weighted by Crippen LogP contribution is 2.45. The molecule has 0 radical (unpaired) electrons. The summed E-state index contributed by atoms with van der Waals surface area (Å²) in [6.45, 7) is 10.0. The van der Waals surface area contributed by atoms with Crippen molar-refractivity contribution in [1.82, 2.24) is 10.2 Å². The Balaban J connectivity index is 2.44. The van der Waals surface area contributed by atoms with E-state index in [9.17, 15) is 9.59 Å². The summed E-state index contributed by atoms with van der Waals surface area (Å²) in [7, 11) is 0. The van der Waals surface area contributed by atoms with Gasteiger partial charge < -0.3 is 10.2 Å². The molecular formula is C16H28N2O2. The quantitative estimate of drug-likeness (QED) is 0.860. The Hall–Kier alpha value is -1.06. The van der Waals surface area contributed by atoms with Gasteiger partial charge in [0, 0.05) is 5.54 Å². The van der Waals surface area contributed by atoms with Gasteiger partial charge in [-0.1, -0.05) is 27.7 Å². The van der Waals surface area contributed by atoms with Gasteiger partial charge in [-0.2, -0.15) is 0 Å². The summed E-state index contributed by atoms with van der Waals surface area (Å²) < 4.78 is 0. The van der Waals surface area contributed by atoms with Gasteiger partial charge in [0.05, 0.1) is 0 Å². The minimum atomic E-state index is -0.736. The zero-order valence-corrected chi connectivity index (χ0v) is 13.5. The van der Waals surface area contributed by atoms with Crippen molar-refractivity contribution in [2.45, 2.75) is 83.8 Å². The van der Waals surface area contributed by atoms with Gasteiger partial charge in [-0.05, 0) is 44.9 Å². The van der Waals surface area contributed by atoms with Crippen molar-refractivity contribution in [3.63, 3.8) is 0 Å². The SMILES string of the molecule is CCC1(C)NC(=O)C(C(C)C)N(C2(CC)CCC2)C1=O. The van der Waals surface area contributed by atoms with Crippen LogP contribution in [-0.4, -0.2) is 33.8 Å². The van der Waals surface area contributed by atoms with E-state index in [0.29, 0.717) is 6.42 Å². The van der Waals surface area contributed by atoms with Gasteiger partial charge in [0.15, 0.2) is 0 Å². The molecular weight excluding hydrogens is 252 g/mol. The molecule has 2 fully saturated rings.